The number of nitrogens with one attached hydrogen (secondary N) is 1. The number of nitrogens with zero attached hydrogens (tertiary/aromatic N) is 1. The molecule has 0 aliphatic carbocycles. The standard InChI is InChI=1S/C13H13ClN2OS/c1-8-3-4-18-12(8)7-16-13(17)10-6-15-9(2)5-11(10)14/h3-6H,7H2,1-2H3,(H,16,17). The zero-order valence-corrected chi connectivity index (χ0v) is 11.7. The number of pyridine rings is 1. The van der Waals surface area contributed by atoms with Gasteiger partial charge >= 0.3 is 0 Å². The number of rotatable bonds is 3. The molecule has 2 heterocycles. The summed E-state index contributed by atoms with van der Waals surface area (Å²) in [4.78, 5) is 17.2. The summed E-state index contributed by atoms with van der Waals surface area (Å²) in [6, 6.07) is 3.72. The minimum absolute atomic E-state index is 0.194. The zero-order chi connectivity index (χ0) is 13.1. The van der Waals surface area contributed by atoms with Crippen LogP contribution in [0.1, 0.15) is 26.5 Å². The van der Waals surface area contributed by atoms with Crippen molar-refractivity contribution in [1.29, 1.82) is 0 Å². The molecule has 0 fully saturated rings. The molecule has 0 aliphatic heterocycles. The Morgan fingerprint density at radius 2 is 2.28 bits per heavy atom. The van der Waals surface area contributed by atoms with Crippen molar-refractivity contribution in [1.82, 2.24) is 10.3 Å². The van der Waals surface area contributed by atoms with Gasteiger partial charge in [-0.3, -0.25) is 9.78 Å². The summed E-state index contributed by atoms with van der Waals surface area (Å²) in [6.07, 6.45) is 1.51. The highest BCUT2D eigenvalue weighted by molar-refractivity contribution is 7.10. The molecule has 0 saturated carbocycles. The zero-order valence-electron chi connectivity index (χ0n) is 10.2. The number of carbonyl (C=O) groups excluding carboxylic acids is 1. The molecular formula is C13H13ClN2OS. The van der Waals surface area contributed by atoms with Crippen LogP contribution in [-0.4, -0.2) is 10.9 Å². The first-order chi connectivity index (χ1) is 8.58. The Balaban J connectivity index is 2.06. The van der Waals surface area contributed by atoms with Gasteiger partial charge in [0.2, 0.25) is 0 Å². The predicted octanol–water partition coefficient (Wildman–Crippen LogP) is 3.34. The van der Waals surface area contributed by atoms with E-state index in [2.05, 4.69) is 10.3 Å². The summed E-state index contributed by atoms with van der Waals surface area (Å²) in [7, 11) is 0. The lowest BCUT2D eigenvalue weighted by molar-refractivity contribution is 0.0951. The lowest BCUT2D eigenvalue weighted by Gasteiger charge is -2.06. The Bertz CT molecular complexity index is 580. The molecule has 3 nitrogen and oxygen atoms in total. The number of amides is 1. The Morgan fingerprint density at radius 1 is 1.50 bits per heavy atom. The van der Waals surface area contributed by atoms with Crippen LogP contribution in [0.2, 0.25) is 5.02 Å². The Kier molecular flexibility index (Phi) is 3.99. The van der Waals surface area contributed by atoms with Crippen molar-refractivity contribution in [2.45, 2.75) is 20.4 Å². The van der Waals surface area contributed by atoms with Gasteiger partial charge in [0.1, 0.15) is 0 Å². The van der Waals surface area contributed by atoms with Gasteiger partial charge < -0.3 is 5.32 Å². The van der Waals surface area contributed by atoms with Gasteiger partial charge in [-0.05, 0) is 36.9 Å². The summed E-state index contributed by atoms with van der Waals surface area (Å²) in [5.74, 6) is -0.194. The summed E-state index contributed by atoms with van der Waals surface area (Å²) in [5.41, 5.74) is 2.40. The van der Waals surface area contributed by atoms with E-state index in [0.29, 0.717) is 17.1 Å². The van der Waals surface area contributed by atoms with Gasteiger partial charge in [0.15, 0.2) is 0 Å². The van der Waals surface area contributed by atoms with E-state index in [1.165, 1.54) is 11.8 Å². The van der Waals surface area contributed by atoms with Crippen LogP contribution in [0.15, 0.2) is 23.7 Å². The fourth-order valence-corrected chi connectivity index (χ4v) is 2.67. The highest BCUT2D eigenvalue weighted by atomic mass is 35.5. The SMILES string of the molecule is Cc1cc(Cl)c(C(=O)NCc2sccc2C)cn1. The molecule has 0 saturated heterocycles. The number of aromatic nitrogens is 1. The van der Waals surface area contributed by atoms with E-state index in [1.54, 1.807) is 17.4 Å². The molecule has 1 N–H and O–H groups in total. The molecule has 0 spiro atoms. The average molecular weight is 281 g/mol. The van der Waals surface area contributed by atoms with Crippen molar-refractivity contribution in [3.05, 3.63) is 50.4 Å². The second-order valence-electron chi connectivity index (χ2n) is 4.01. The number of thiophene rings is 1. The number of carbonyl (C=O) groups is 1. The second kappa shape index (κ2) is 5.50. The van der Waals surface area contributed by atoms with Gasteiger partial charge in [-0.25, -0.2) is 0 Å². The topological polar surface area (TPSA) is 42.0 Å². The molecule has 2 aromatic heterocycles. The molecule has 0 radical (unpaired) electrons. The van der Waals surface area contributed by atoms with Gasteiger partial charge in [0.05, 0.1) is 17.1 Å². The minimum Gasteiger partial charge on any atom is -0.347 e. The molecular weight excluding hydrogens is 268 g/mol. The van der Waals surface area contributed by atoms with Crippen LogP contribution in [0.3, 0.4) is 0 Å². The van der Waals surface area contributed by atoms with E-state index in [0.717, 1.165) is 10.6 Å². The average Bonchev–Trinajstić information content (AvgIpc) is 2.72. The van der Waals surface area contributed by atoms with E-state index in [-0.39, 0.29) is 5.91 Å². The molecule has 1 amide bonds. The van der Waals surface area contributed by atoms with Crippen LogP contribution in [0.5, 0.6) is 0 Å². The van der Waals surface area contributed by atoms with Crippen molar-refractivity contribution in [3.63, 3.8) is 0 Å². The van der Waals surface area contributed by atoms with Gasteiger partial charge in [0.25, 0.3) is 5.91 Å². The maximum atomic E-state index is 12.0. The lowest BCUT2D eigenvalue weighted by atomic mass is 10.2. The number of hydrogen-bond donors (Lipinski definition) is 1. The third-order valence-corrected chi connectivity index (χ3v) is 3.95. The summed E-state index contributed by atoms with van der Waals surface area (Å²) >= 11 is 7.65. The first-order valence-electron chi connectivity index (χ1n) is 5.51. The van der Waals surface area contributed by atoms with Gasteiger partial charge in [-0.1, -0.05) is 11.6 Å². The van der Waals surface area contributed by atoms with Crippen molar-refractivity contribution >= 4 is 28.8 Å². The molecule has 0 unspecified atom stereocenters. The van der Waals surface area contributed by atoms with E-state index in [1.807, 2.05) is 25.3 Å². The molecule has 0 aromatic carbocycles. The number of halogens is 1. The van der Waals surface area contributed by atoms with Crippen LogP contribution in [0.4, 0.5) is 0 Å². The normalized spacial score (nSPS) is 10.4. The maximum Gasteiger partial charge on any atom is 0.254 e. The summed E-state index contributed by atoms with van der Waals surface area (Å²) in [6.45, 7) is 4.38. The molecule has 94 valence electrons. The van der Waals surface area contributed by atoms with Gasteiger partial charge in [0, 0.05) is 16.8 Å². The fraction of sp³-hybridized carbons (Fsp3) is 0.231. The third kappa shape index (κ3) is 2.89. The minimum atomic E-state index is -0.194. The van der Waals surface area contributed by atoms with Crippen molar-refractivity contribution in [2.24, 2.45) is 0 Å². The summed E-state index contributed by atoms with van der Waals surface area (Å²) in [5, 5.41) is 5.29. The van der Waals surface area contributed by atoms with E-state index >= 15 is 0 Å². The maximum absolute atomic E-state index is 12.0. The van der Waals surface area contributed by atoms with Crippen LogP contribution in [0.25, 0.3) is 0 Å². The molecule has 0 aliphatic rings. The third-order valence-electron chi connectivity index (χ3n) is 2.61. The molecule has 5 heteroatoms. The Morgan fingerprint density at radius 3 is 2.89 bits per heavy atom. The number of hydrogen-bond acceptors (Lipinski definition) is 3. The van der Waals surface area contributed by atoms with E-state index in [4.69, 9.17) is 11.6 Å². The Labute approximate surface area is 115 Å². The monoisotopic (exact) mass is 280 g/mol. The first-order valence-corrected chi connectivity index (χ1v) is 6.77. The lowest BCUT2D eigenvalue weighted by Crippen LogP contribution is -2.23. The van der Waals surface area contributed by atoms with Gasteiger partial charge in [-0.2, -0.15) is 0 Å². The van der Waals surface area contributed by atoms with Crippen LogP contribution < -0.4 is 5.32 Å². The number of aryl methyl sites for hydroxylation is 2. The van der Waals surface area contributed by atoms with Crippen molar-refractivity contribution in [2.75, 3.05) is 0 Å². The molecule has 0 atom stereocenters. The van der Waals surface area contributed by atoms with E-state index < -0.39 is 0 Å². The van der Waals surface area contributed by atoms with Crippen LogP contribution in [0, 0.1) is 13.8 Å². The first kappa shape index (κ1) is 13.1. The molecule has 0 bridgehead atoms. The predicted molar refractivity (Wildman–Crippen MR) is 74.2 cm³/mol. The Hall–Kier alpha value is -1.39. The van der Waals surface area contributed by atoms with E-state index in [9.17, 15) is 4.79 Å². The second-order valence-corrected chi connectivity index (χ2v) is 5.42. The smallest absolute Gasteiger partial charge is 0.254 e. The van der Waals surface area contributed by atoms with Crippen molar-refractivity contribution in [3.8, 4) is 0 Å². The molecule has 18 heavy (non-hydrogen) atoms. The van der Waals surface area contributed by atoms with Crippen molar-refractivity contribution < 1.29 is 4.79 Å². The van der Waals surface area contributed by atoms with Crippen LogP contribution >= 0.6 is 22.9 Å². The highest BCUT2D eigenvalue weighted by Crippen LogP contribution is 2.17. The molecule has 2 aromatic rings. The van der Waals surface area contributed by atoms with Crippen LogP contribution in [-0.2, 0) is 6.54 Å². The fourth-order valence-electron chi connectivity index (χ4n) is 1.53. The largest absolute Gasteiger partial charge is 0.347 e. The van der Waals surface area contributed by atoms with Gasteiger partial charge in [-0.15, -0.1) is 11.3 Å². The quantitative estimate of drug-likeness (QED) is 0.937. The highest BCUT2D eigenvalue weighted by Gasteiger charge is 2.11. The molecule has 2 rings (SSSR count). The summed E-state index contributed by atoms with van der Waals surface area (Å²) < 4.78 is 0.